The number of carbonyl (C=O) groups excluding carboxylic acids is 1. The van der Waals surface area contributed by atoms with Gasteiger partial charge in [0.25, 0.3) is 5.89 Å². The summed E-state index contributed by atoms with van der Waals surface area (Å²) in [6, 6.07) is 15.6. The molecule has 0 saturated carbocycles. The zero-order valence-corrected chi connectivity index (χ0v) is 15.5. The first-order valence-electron chi connectivity index (χ1n) is 8.85. The van der Waals surface area contributed by atoms with Crippen molar-refractivity contribution in [1.82, 2.24) is 10.1 Å². The highest BCUT2D eigenvalue weighted by atomic mass is 16.6. The number of ether oxygens (including phenoxy) is 2. The van der Waals surface area contributed by atoms with Crippen molar-refractivity contribution >= 4 is 5.97 Å². The van der Waals surface area contributed by atoms with Crippen molar-refractivity contribution in [2.75, 3.05) is 6.61 Å². The van der Waals surface area contributed by atoms with Crippen LogP contribution in [0.2, 0.25) is 0 Å². The zero-order chi connectivity index (χ0) is 19.1. The zero-order valence-electron chi connectivity index (χ0n) is 15.5. The van der Waals surface area contributed by atoms with Crippen molar-refractivity contribution in [2.24, 2.45) is 0 Å². The van der Waals surface area contributed by atoms with Crippen molar-refractivity contribution in [3.8, 4) is 17.1 Å². The van der Waals surface area contributed by atoms with E-state index in [1.807, 2.05) is 62.4 Å². The summed E-state index contributed by atoms with van der Waals surface area (Å²) < 4.78 is 16.0. The Morgan fingerprint density at radius 3 is 2.78 bits per heavy atom. The average Bonchev–Trinajstić information content (AvgIpc) is 3.13. The molecule has 27 heavy (non-hydrogen) atoms. The molecule has 140 valence electrons. The molecular formula is C21H22N2O4. The fourth-order valence-corrected chi connectivity index (χ4v) is 2.57. The number of aryl methyl sites for hydroxylation is 2. The molecule has 0 unspecified atom stereocenters. The minimum Gasteiger partial charge on any atom is -0.494 e. The number of benzene rings is 2. The third kappa shape index (κ3) is 5.41. The highest BCUT2D eigenvalue weighted by molar-refractivity contribution is 5.69. The van der Waals surface area contributed by atoms with E-state index in [4.69, 9.17) is 14.0 Å². The minimum atomic E-state index is -0.321. The van der Waals surface area contributed by atoms with Crippen LogP contribution in [-0.4, -0.2) is 22.7 Å². The van der Waals surface area contributed by atoms with Crippen molar-refractivity contribution < 1.29 is 18.8 Å². The fraction of sp³-hybridized carbons (Fsp3) is 0.286. The van der Waals surface area contributed by atoms with Gasteiger partial charge >= 0.3 is 5.97 Å². The normalized spacial score (nSPS) is 10.6. The van der Waals surface area contributed by atoms with Crippen LogP contribution in [0.15, 0.2) is 53.1 Å². The summed E-state index contributed by atoms with van der Waals surface area (Å²) in [5, 5.41) is 3.94. The maximum absolute atomic E-state index is 11.8. The van der Waals surface area contributed by atoms with Crippen LogP contribution in [0.3, 0.4) is 0 Å². The van der Waals surface area contributed by atoms with Crippen molar-refractivity contribution in [3.05, 3.63) is 65.5 Å². The van der Waals surface area contributed by atoms with E-state index in [0.29, 0.717) is 18.9 Å². The van der Waals surface area contributed by atoms with Crippen molar-refractivity contribution in [3.63, 3.8) is 0 Å². The molecule has 1 heterocycles. The van der Waals surface area contributed by atoms with Gasteiger partial charge in [-0.1, -0.05) is 41.6 Å². The highest BCUT2D eigenvalue weighted by Crippen LogP contribution is 2.20. The standard InChI is InChI=1S/C21H22N2O4/c1-15-7-5-9-17(13-15)25-12-6-11-20(24)26-14-19-22-21(23-27-19)18-10-4-3-8-16(18)2/h3-5,7-10,13H,6,11-12,14H2,1-2H3. The number of hydrogen-bond donors (Lipinski definition) is 0. The van der Waals surface area contributed by atoms with Gasteiger partial charge in [0.2, 0.25) is 5.82 Å². The van der Waals surface area contributed by atoms with Crippen LogP contribution in [0, 0.1) is 13.8 Å². The van der Waals surface area contributed by atoms with Gasteiger partial charge in [-0.2, -0.15) is 4.98 Å². The Morgan fingerprint density at radius 1 is 1.11 bits per heavy atom. The minimum absolute atomic E-state index is 0.0313. The first-order valence-corrected chi connectivity index (χ1v) is 8.85. The Bertz CT molecular complexity index is 904. The van der Waals surface area contributed by atoms with E-state index in [0.717, 1.165) is 22.4 Å². The average molecular weight is 366 g/mol. The van der Waals surface area contributed by atoms with Crippen LogP contribution in [0.25, 0.3) is 11.4 Å². The molecule has 0 aliphatic carbocycles. The lowest BCUT2D eigenvalue weighted by molar-refractivity contribution is -0.146. The Balaban J connectivity index is 1.40. The molecule has 0 saturated heterocycles. The van der Waals surface area contributed by atoms with Crippen molar-refractivity contribution in [2.45, 2.75) is 33.3 Å². The molecule has 3 rings (SSSR count). The van der Waals surface area contributed by atoms with Crippen LogP contribution < -0.4 is 4.74 Å². The second kappa shape index (κ2) is 8.98. The maximum Gasteiger partial charge on any atom is 0.306 e. The monoisotopic (exact) mass is 366 g/mol. The number of aromatic nitrogens is 2. The maximum atomic E-state index is 11.8. The summed E-state index contributed by atoms with van der Waals surface area (Å²) >= 11 is 0. The molecule has 1 aromatic heterocycles. The SMILES string of the molecule is Cc1cccc(OCCCC(=O)OCc2nc(-c3ccccc3C)no2)c1. The number of rotatable bonds is 8. The third-order valence-corrected chi connectivity index (χ3v) is 3.99. The summed E-state index contributed by atoms with van der Waals surface area (Å²) in [6.45, 7) is 4.41. The van der Waals surface area contributed by atoms with Crippen LogP contribution in [0.5, 0.6) is 5.75 Å². The molecular weight excluding hydrogens is 344 g/mol. The van der Waals surface area contributed by atoms with E-state index in [-0.39, 0.29) is 24.9 Å². The Labute approximate surface area is 158 Å². The Morgan fingerprint density at radius 2 is 1.96 bits per heavy atom. The molecule has 0 aliphatic rings. The molecule has 6 heteroatoms. The van der Waals surface area contributed by atoms with Crippen LogP contribution in [0.1, 0.15) is 29.9 Å². The molecule has 0 bridgehead atoms. The Hall–Kier alpha value is -3.15. The van der Waals surface area contributed by atoms with E-state index in [2.05, 4.69) is 10.1 Å². The lowest BCUT2D eigenvalue weighted by atomic mass is 10.1. The van der Waals surface area contributed by atoms with E-state index in [9.17, 15) is 4.79 Å². The topological polar surface area (TPSA) is 74.5 Å². The largest absolute Gasteiger partial charge is 0.494 e. The molecule has 0 amide bonds. The molecule has 0 atom stereocenters. The first-order chi connectivity index (χ1) is 13.1. The summed E-state index contributed by atoms with van der Waals surface area (Å²) in [4.78, 5) is 16.1. The van der Waals surface area contributed by atoms with E-state index < -0.39 is 0 Å². The van der Waals surface area contributed by atoms with Gasteiger partial charge in [0.1, 0.15) is 5.75 Å². The molecule has 6 nitrogen and oxygen atoms in total. The number of carbonyl (C=O) groups is 1. The van der Waals surface area contributed by atoms with Gasteiger partial charge in [-0.25, -0.2) is 0 Å². The van der Waals surface area contributed by atoms with E-state index >= 15 is 0 Å². The summed E-state index contributed by atoms with van der Waals surface area (Å²) in [5.74, 6) is 1.25. The fourth-order valence-electron chi connectivity index (χ4n) is 2.57. The van der Waals surface area contributed by atoms with Gasteiger partial charge in [-0.05, 0) is 43.5 Å². The lowest BCUT2D eigenvalue weighted by Gasteiger charge is -2.06. The van der Waals surface area contributed by atoms with Gasteiger partial charge in [0.15, 0.2) is 6.61 Å². The van der Waals surface area contributed by atoms with Crippen LogP contribution >= 0.6 is 0 Å². The van der Waals surface area contributed by atoms with E-state index in [1.54, 1.807) is 0 Å². The summed E-state index contributed by atoms with van der Waals surface area (Å²) in [6.07, 6.45) is 0.843. The van der Waals surface area contributed by atoms with Gasteiger partial charge < -0.3 is 14.0 Å². The van der Waals surface area contributed by atoms with Crippen LogP contribution in [0.4, 0.5) is 0 Å². The predicted molar refractivity (Wildman–Crippen MR) is 100 cm³/mol. The van der Waals surface area contributed by atoms with Gasteiger partial charge in [-0.15, -0.1) is 0 Å². The predicted octanol–water partition coefficient (Wildman–Crippen LogP) is 4.26. The van der Waals surface area contributed by atoms with Gasteiger partial charge in [0, 0.05) is 12.0 Å². The van der Waals surface area contributed by atoms with Gasteiger partial charge in [-0.3, -0.25) is 4.79 Å². The third-order valence-electron chi connectivity index (χ3n) is 3.99. The summed E-state index contributed by atoms with van der Waals surface area (Å²) in [5.41, 5.74) is 3.08. The summed E-state index contributed by atoms with van der Waals surface area (Å²) in [7, 11) is 0. The number of nitrogens with zero attached hydrogens (tertiary/aromatic N) is 2. The van der Waals surface area contributed by atoms with Gasteiger partial charge in [0.05, 0.1) is 6.61 Å². The quantitative estimate of drug-likeness (QED) is 0.438. The molecule has 0 aliphatic heterocycles. The lowest BCUT2D eigenvalue weighted by Crippen LogP contribution is -2.07. The van der Waals surface area contributed by atoms with E-state index in [1.165, 1.54) is 0 Å². The van der Waals surface area contributed by atoms with Crippen LogP contribution in [-0.2, 0) is 16.1 Å². The van der Waals surface area contributed by atoms with Crippen molar-refractivity contribution in [1.29, 1.82) is 0 Å². The molecule has 0 N–H and O–H groups in total. The molecule has 3 aromatic rings. The highest BCUT2D eigenvalue weighted by Gasteiger charge is 2.12. The molecule has 0 radical (unpaired) electrons. The first kappa shape index (κ1) is 18.6. The molecule has 0 fully saturated rings. The molecule has 0 spiro atoms. The number of esters is 1. The number of hydrogen-bond acceptors (Lipinski definition) is 6. The Kier molecular flexibility index (Phi) is 6.20. The smallest absolute Gasteiger partial charge is 0.306 e. The second-order valence-corrected chi connectivity index (χ2v) is 6.26. The second-order valence-electron chi connectivity index (χ2n) is 6.26. The molecule has 2 aromatic carbocycles.